The standard InChI is InChI=1S/C18H14Cl2N4O2S/c19-14-9-22-24(18(26)17(14)20)10-15(25)23-13-5-3-4-12(8-13)11-27-16-6-1-2-7-21-16/h1-9H,10-11H2,(H,23,25). The molecular formula is C18H14Cl2N4O2S. The fraction of sp³-hybridized carbons (Fsp3) is 0.111. The first kappa shape index (κ1) is 19.4. The van der Waals surface area contributed by atoms with Crippen LogP contribution < -0.4 is 10.9 Å². The number of thioether (sulfide) groups is 1. The second-order valence-electron chi connectivity index (χ2n) is 5.47. The molecule has 1 N–H and O–H groups in total. The first-order valence-electron chi connectivity index (χ1n) is 7.86. The molecule has 6 nitrogen and oxygen atoms in total. The van der Waals surface area contributed by atoms with Gasteiger partial charge in [0.05, 0.1) is 16.2 Å². The van der Waals surface area contributed by atoms with E-state index in [0.717, 1.165) is 15.3 Å². The SMILES string of the molecule is O=C(Cn1ncc(Cl)c(Cl)c1=O)Nc1cccc(CSc2ccccn2)c1. The van der Waals surface area contributed by atoms with Crippen molar-refractivity contribution in [3.63, 3.8) is 0 Å². The van der Waals surface area contributed by atoms with Gasteiger partial charge in [0, 0.05) is 17.6 Å². The van der Waals surface area contributed by atoms with Crippen molar-refractivity contribution in [2.75, 3.05) is 5.32 Å². The van der Waals surface area contributed by atoms with Crippen LogP contribution in [-0.2, 0) is 17.1 Å². The summed E-state index contributed by atoms with van der Waals surface area (Å²) in [5, 5.41) is 7.39. The zero-order valence-corrected chi connectivity index (χ0v) is 16.3. The van der Waals surface area contributed by atoms with Gasteiger partial charge >= 0.3 is 0 Å². The molecule has 27 heavy (non-hydrogen) atoms. The van der Waals surface area contributed by atoms with Crippen molar-refractivity contribution in [1.29, 1.82) is 0 Å². The molecule has 2 heterocycles. The van der Waals surface area contributed by atoms with Gasteiger partial charge in [-0.1, -0.05) is 41.4 Å². The number of carbonyl (C=O) groups is 1. The number of anilines is 1. The summed E-state index contributed by atoms with van der Waals surface area (Å²) in [6.07, 6.45) is 2.98. The van der Waals surface area contributed by atoms with Gasteiger partial charge in [-0.2, -0.15) is 5.10 Å². The second-order valence-corrected chi connectivity index (χ2v) is 7.26. The Labute approximate surface area is 169 Å². The Bertz CT molecular complexity index is 1010. The molecular weight excluding hydrogens is 407 g/mol. The van der Waals surface area contributed by atoms with Crippen LogP contribution >= 0.6 is 35.0 Å². The van der Waals surface area contributed by atoms with E-state index in [0.29, 0.717) is 11.4 Å². The Morgan fingerprint density at radius 3 is 2.81 bits per heavy atom. The molecule has 0 saturated heterocycles. The highest BCUT2D eigenvalue weighted by Gasteiger charge is 2.11. The number of benzene rings is 1. The summed E-state index contributed by atoms with van der Waals surface area (Å²) in [5.41, 5.74) is 1.06. The highest BCUT2D eigenvalue weighted by atomic mass is 35.5. The van der Waals surface area contributed by atoms with Gasteiger partial charge in [-0.3, -0.25) is 9.59 Å². The molecule has 1 aromatic carbocycles. The van der Waals surface area contributed by atoms with Crippen molar-refractivity contribution in [3.8, 4) is 0 Å². The Morgan fingerprint density at radius 2 is 2.04 bits per heavy atom. The lowest BCUT2D eigenvalue weighted by Gasteiger charge is -2.09. The number of pyridine rings is 1. The number of hydrogen-bond donors (Lipinski definition) is 1. The molecule has 0 saturated carbocycles. The number of aromatic nitrogens is 3. The predicted molar refractivity (Wildman–Crippen MR) is 107 cm³/mol. The minimum atomic E-state index is -0.611. The van der Waals surface area contributed by atoms with Gasteiger partial charge in [-0.05, 0) is 29.8 Å². The number of halogens is 2. The Hall–Kier alpha value is -2.35. The molecule has 138 valence electrons. The van der Waals surface area contributed by atoms with E-state index >= 15 is 0 Å². The molecule has 0 bridgehead atoms. The topological polar surface area (TPSA) is 76.9 Å². The van der Waals surface area contributed by atoms with E-state index in [9.17, 15) is 9.59 Å². The zero-order valence-electron chi connectivity index (χ0n) is 13.9. The van der Waals surface area contributed by atoms with E-state index in [4.69, 9.17) is 23.2 Å². The Morgan fingerprint density at radius 1 is 1.19 bits per heavy atom. The molecule has 0 aliphatic rings. The number of hydrogen-bond acceptors (Lipinski definition) is 5. The molecule has 9 heteroatoms. The van der Waals surface area contributed by atoms with E-state index in [1.54, 1.807) is 24.0 Å². The van der Waals surface area contributed by atoms with E-state index in [2.05, 4.69) is 15.4 Å². The summed E-state index contributed by atoms with van der Waals surface area (Å²) in [7, 11) is 0. The maximum absolute atomic E-state index is 12.2. The first-order chi connectivity index (χ1) is 13.0. The average molecular weight is 421 g/mol. The minimum absolute atomic E-state index is 0.0523. The van der Waals surface area contributed by atoms with Crippen molar-refractivity contribution in [3.05, 3.63) is 80.8 Å². The van der Waals surface area contributed by atoms with Crippen LogP contribution in [0, 0.1) is 0 Å². The van der Waals surface area contributed by atoms with Gasteiger partial charge in [-0.15, -0.1) is 11.8 Å². The van der Waals surface area contributed by atoms with Crippen LogP contribution in [0.5, 0.6) is 0 Å². The Balaban J connectivity index is 1.63. The fourth-order valence-corrected chi connectivity index (χ4v) is 3.30. The highest BCUT2D eigenvalue weighted by Crippen LogP contribution is 2.22. The van der Waals surface area contributed by atoms with Crippen LogP contribution in [0.15, 0.2) is 64.7 Å². The smallest absolute Gasteiger partial charge is 0.287 e. The molecule has 0 atom stereocenters. The lowest BCUT2D eigenvalue weighted by atomic mass is 10.2. The van der Waals surface area contributed by atoms with Crippen LogP contribution in [0.3, 0.4) is 0 Å². The van der Waals surface area contributed by atoms with E-state index in [-0.39, 0.29) is 16.6 Å². The number of amides is 1. The van der Waals surface area contributed by atoms with Crippen molar-refractivity contribution in [1.82, 2.24) is 14.8 Å². The maximum Gasteiger partial charge on any atom is 0.287 e. The quantitative estimate of drug-likeness (QED) is 0.612. The maximum atomic E-state index is 12.2. The third-order valence-corrected chi connectivity index (χ3v) is 5.23. The van der Waals surface area contributed by atoms with Crippen molar-refractivity contribution < 1.29 is 4.79 Å². The average Bonchev–Trinajstić information content (AvgIpc) is 2.68. The molecule has 0 fully saturated rings. The van der Waals surface area contributed by atoms with Crippen molar-refractivity contribution in [2.24, 2.45) is 0 Å². The predicted octanol–water partition coefficient (Wildman–Crippen LogP) is 3.88. The molecule has 0 aliphatic carbocycles. The third kappa shape index (κ3) is 5.32. The lowest BCUT2D eigenvalue weighted by Crippen LogP contribution is -2.29. The van der Waals surface area contributed by atoms with E-state index < -0.39 is 11.5 Å². The monoisotopic (exact) mass is 420 g/mol. The van der Waals surface area contributed by atoms with Crippen LogP contribution in [0.2, 0.25) is 10.0 Å². The number of nitrogens with zero attached hydrogens (tertiary/aromatic N) is 3. The third-order valence-electron chi connectivity index (χ3n) is 3.47. The Kier molecular flexibility index (Phi) is 6.49. The van der Waals surface area contributed by atoms with Crippen LogP contribution in [-0.4, -0.2) is 20.7 Å². The second kappa shape index (κ2) is 9.03. The molecule has 0 aliphatic heterocycles. The highest BCUT2D eigenvalue weighted by molar-refractivity contribution is 7.98. The van der Waals surface area contributed by atoms with Gasteiger partial charge in [0.25, 0.3) is 5.56 Å². The molecule has 0 radical (unpaired) electrons. The molecule has 2 aromatic heterocycles. The van der Waals surface area contributed by atoms with Crippen molar-refractivity contribution in [2.45, 2.75) is 17.3 Å². The summed E-state index contributed by atoms with van der Waals surface area (Å²) in [6, 6.07) is 13.2. The zero-order chi connectivity index (χ0) is 19.2. The lowest BCUT2D eigenvalue weighted by molar-refractivity contribution is -0.117. The van der Waals surface area contributed by atoms with Gasteiger partial charge < -0.3 is 5.32 Å². The van der Waals surface area contributed by atoms with Crippen LogP contribution in [0.25, 0.3) is 0 Å². The first-order valence-corrected chi connectivity index (χ1v) is 9.61. The van der Waals surface area contributed by atoms with Gasteiger partial charge in [-0.25, -0.2) is 9.67 Å². The minimum Gasteiger partial charge on any atom is -0.324 e. The number of carbonyl (C=O) groups excluding carboxylic acids is 1. The molecule has 0 spiro atoms. The number of rotatable bonds is 6. The number of nitrogens with one attached hydrogen (secondary N) is 1. The van der Waals surface area contributed by atoms with Crippen LogP contribution in [0.4, 0.5) is 5.69 Å². The molecule has 1 amide bonds. The fourth-order valence-electron chi connectivity index (χ4n) is 2.22. The normalized spacial score (nSPS) is 10.6. The molecule has 3 rings (SSSR count). The molecule has 0 unspecified atom stereocenters. The van der Waals surface area contributed by atoms with E-state index in [1.165, 1.54) is 6.20 Å². The van der Waals surface area contributed by atoms with Gasteiger partial charge in [0.15, 0.2) is 0 Å². The largest absolute Gasteiger partial charge is 0.324 e. The summed E-state index contributed by atoms with van der Waals surface area (Å²) in [5.74, 6) is 0.326. The van der Waals surface area contributed by atoms with Gasteiger partial charge in [0.2, 0.25) is 5.91 Å². The van der Waals surface area contributed by atoms with E-state index in [1.807, 2.05) is 36.4 Å². The summed E-state index contributed by atoms with van der Waals surface area (Å²) in [6.45, 7) is -0.261. The summed E-state index contributed by atoms with van der Waals surface area (Å²) >= 11 is 13.1. The van der Waals surface area contributed by atoms with Crippen LogP contribution in [0.1, 0.15) is 5.56 Å². The van der Waals surface area contributed by atoms with Gasteiger partial charge in [0.1, 0.15) is 11.6 Å². The molecule has 3 aromatic rings. The van der Waals surface area contributed by atoms with Crippen molar-refractivity contribution >= 4 is 46.6 Å². The summed E-state index contributed by atoms with van der Waals surface area (Å²) < 4.78 is 0.963. The summed E-state index contributed by atoms with van der Waals surface area (Å²) in [4.78, 5) is 28.4.